The van der Waals surface area contributed by atoms with Crippen LogP contribution in [-0.4, -0.2) is 49.3 Å². The van der Waals surface area contributed by atoms with Gasteiger partial charge in [0.25, 0.3) is 0 Å². The highest BCUT2D eigenvalue weighted by molar-refractivity contribution is 7.47. The van der Waals surface area contributed by atoms with Crippen LogP contribution in [0.3, 0.4) is 0 Å². The van der Waals surface area contributed by atoms with E-state index in [-0.39, 0.29) is 38.6 Å². The van der Waals surface area contributed by atoms with Gasteiger partial charge in [-0.25, -0.2) is 4.57 Å². The van der Waals surface area contributed by atoms with Crippen molar-refractivity contribution >= 4 is 19.8 Å². The summed E-state index contributed by atoms with van der Waals surface area (Å²) in [6.45, 7) is 3.60. The molecule has 0 fully saturated rings. The van der Waals surface area contributed by atoms with Crippen LogP contribution in [0, 0.1) is 0 Å². The van der Waals surface area contributed by atoms with Crippen molar-refractivity contribution in [2.45, 2.75) is 200 Å². The van der Waals surface area contributed by atoms with Crippen molar-refractivity contribution in [1.82, 2.24) is 0 Å². The van der Waals surface area contributed by atoms with Crippen LogP contribution >= 0.6 is 7.82 Å². The molecule has 0 aromatic heterocycles. The molecule has 2 atom stereocenters. The lowest BCUT2D eigenvalue weighted by Crippen LogP contribution is -2.29. The number of nitrogens with two attached hydrogens (primary N) is 1. The number of ether oxygens (including phenoxy) is 2. The number of hydrogen-bond acceptors (Lipinski definition) is 8. The number of hydrogen-bond donors (Lipinski definition) is 2. The lowest BCUT2D eigenvalue weighted by atomic mass is 10.0. The van der Waals surface area contributed by atoms with E-state index in [0.717, 1.165) is 70.6 Å². The first-order valence-corrected chi connectivity index (χ1v) is 23.6. The van der Waals surface area contributed by atoms with Gasteiger partial charge >= 0.3 is 19.8 Å². The topological polar surface area (TPSA) is 134 Å². The monoisotopic (exact) mass is 796 g/mol. The molecule has 2 unspecified atom stereocenters. The molecule has 55 heavy (non-hydrogen) atoms. The summed E-state index contributed by atoms with van der Waals surface area (Å²) in [5, 5.41) is 0. The second kappa shape index (κ2) is 41.6. The third kappa shape index (κ3) is 41.4. The standard InChI is InChI=1S/C45H82NO8P/c1-3-5-7-9-11-13-15-17-19-21-23-25-27-29-31-33-35-37-44(47)51-41-43(42-53-55(49,50)52-40-39-46)54-45(48)38-36-34-32-30-28-26-24-22-20-18-16-14-12-10-8-6-4-2/h6,8,12,14,18,20,24,26,43H,3-5,7,9-11,13,15-17,19,21-23,25,27-42,46H2,1-2H3,(H,49,50)/b8-6-,14-12-,20-18-,26-24-. The molecule has 0 saturated carbocycles. The third-order valence-corrected chi connectivity index (χ3v) is 10.2. The van der Waals surface area contributed by atoms with Gasteiger partial charge in [0.2, 0.25) is 0 Å². The molecule has 0 bridgehead atoms. The van der Waals surface area contributed by atoms with E-state index in [2.05, 4.69) is 62.5 Å². The first-order chi connectivity index (χ1) is 26.8. The van der Waals surface area contributed by atoms with Gasteiger partial charge in [-0.15, -0.1) is 0 Å². The van der Waals surface area contributed by atoms with Gasteiger partial charge in [-0.1, -0.05) is 178 Å². The first-order valence-electron chi connectivity index (χ1n) is 22.1. The fourth-order valence-electron chi connectivity index (χ4n) is 5.98. The van der Waals surface area contributed by atoms with Crippen molar-refractivity contribution in [1.29, 1.82) is 0 Å². The molecule has 9 nitrogen and oxygen atoms in total. The molecule has 0 rings (SSSR count). The second-order valence-corrected chi connectivity index (χ2v) is 16.0. The normalized spacial score (nSPS) is 13.7. The molecule has 0 radical (unpaired) electrons. The van der Waals surface area contributed by atoms with Gasteiger partial charge in [0.1, 0.15) is 6.61 Å². The largest absolute Gasteiger partial charge is 0.472 e. The molecule has 0 aromatic rings. The van der Waals surface area contributed by atoms with E-state index in [4.69, 9.17) is 24.3 Å². The van der Waals surface area contributed by atoms with Crippen LogP contribution in [-0.2, 0) is 32.7 Å². The van der Waals surface area contributed by atoms with Crippen molar-refractivity contribution in [2.75, 3.05) is 26.4 Å². The smallest absolute Gasteiger partial charge is 0.462 e. The molecular weight excluding hydrogens is 713 g/mol. The summed E-state index contributed by atoms with van der Waals surface area (Å²) < 4.78 is 32.8. The highest BCUT2D eigenvalue weighted by Crippen LogP contribution is 2.43. The van der Waals surface area contributed by atoms with Crippen LogP contribution in [0.1, 0.15) is 194 Å². The van der Waals surface area contributed by atoms with Crippen LogP contribution in [0.4, 0.5) is 0 Å². The van der Waals surface area contributed by atoms with Crippen molar-refractivity contribution in [3.8, 4) is 0 Å². The van der Waals surface area contributed by atoms with Gasteiger partial charge in [0, 0.05) is 19.4 Å². The van der Waals surface area contributed by atoms with E-state index in [1.165, 1.54) is 89.9 Å². The second-order valence-electron chi connectivity index (χ2n) is 14.5. The summed E-state index contributed by atoms with van der Waals surface area (Å²) >= 11 is 0. The number of rotatable bonds is 41. The Labute approximate surface area is 336 Å². The summed E-state index contributed by atoms with van der Waals surface area (Å²) in [5.74, 6) is -0.853. The van der Waals surface area contributed by atoms with Gasteiger partial charge in [0.05, 0.1) is 13.2 Å². The number of carbonyl (C=O) groups is 2. The number of phosphoric ester groups is 1. The molecule has 320 valence electrons. The maximum atomic E-state index is 12.6. The van der Waals surface area contributed by atoms with Crippen molar-refractivity contribution < 1.29 is 37.6 Å². The van der Waals surface area contributed by atoms with Crippen LogP contribution in [0.25, 0.3) is 0 Å². The zero-order chi connectivity index (χ0) is 40.3. The van der Waals surface area contributed by atoms with E-state index in [1.807, 2.05) is 0 Å². The van der Waals surface area contributed by atoms with E-state index in [0.29, 0.717) is 6.42 Å². The highest BCUT2D eigenvalue weighted by atomic mass is 31.2. The van der Waals surface area contributed by atoms with Crippen LogP contribution in [0.2, 0.25) is 0 Å². The molecule has 0 aromatic carbocycles. The van der Waals surface area contributed by atoms with Crippen LogP contribution in [0.5, 0.6) is 0 Å². The number of allylic oxidation sites excluding steroid dienone is 8. The van der Waals surface area contributed by atoms with E-state index < -0.39 is 26.5 Å². The molecule has 0 aliphatic heterocycles. The molecule has 10 heteroatoms. The molecule has 0 heterocycles. The maximum absolute atomic E-state index is 12.6. The Morgan fingerprint density at radius 3 is 1.49 bits per heavy atom. The average molecular weight is 796 g/mol. The summed E-state index contributed by atoms with van der Waals surface area (Å²) in [6, 6.07) is 0. The van der Waals surface area contributed by atoms with Gasteiger partial charge < -0.3 is 20.1 Å². The molecule has 0 saturated heterocycles. The highest BCUT2D eigenvalue weighted by Gasteiger charge is 2.26. The maximum Gasteiger partial charge on any atom is 0.472 e. The van der Waals surface area contributed by atoms with E-state index in [9.17, 15) is 19.0 Å². The zero-order valence-corrected chi connectivity index (χ0v) is 36.0. The van der Waals surface area contributed by atoms with Gasteiger partial charge in [-0.05, 0) is 51.4 Å². The summed E-state index contributed by atoms with van der Waals surface area (Å²) in [4.78, 5) is 34.9. The number of unbranched alkanes of at least 4 members (excludes halogenated alkanes) is 20. The molecule has 0 aliphatic carbocycles. The van der Waals surface area contributed by atoms with Crippen molar-refractivity contribution in [2.24, 2.45) is 5.73 Å². The Bertz CT molecular complexity index is 1040. The summed E-state index contributed by atoms with van der Waals surface area (Å²) in [7, 11) is -4.38. The minimum atomic E-state index is -4.38. The lowest BCUT2D eigenvalue weighted by Gasteiger charge is -2.19. The van der Waals surface area contributed by atoms with Gasteiger partial charge in [0.15, 0.2) is 6.10 Å². The Balaban J connectivity index is 4.17. The fraction of sp³-hybridized carbons (Fsp3) is 0.778. The summed E-state index contributed by atoms with van der Waals surface area (Å²) in [5.41, 5.74) is 5.35. The van der Waals surface area contributed by atoms with Gasteiger partial charge in [-0.2, -0.15) is 0 Å². The van der Waals surface area contributed by atoms with Crippen molar-refractivity contribution in [3.63, 3.8) is 0 Å². The first kappa shape index (κ1) is 53.0. The minimum Gasteiger partial charge on any atom is -0.462 e. The molecular formula is C45H82NO8P. The van der Waals surface area contributed by atoms with E-state index in [1.54, 1.807) is 0 Å². The quantitative estimate of drug-likeness (QED) is 0.0268. The Kier molecular flexibility index (Phi) is 40.1. The Morgan fingerprint density at radius 1 is 0.564 bits per heavy atom. The number of carbonyl (C=O) groups excluding carboxylic acids is 2. The fourth-order valence-corrected chi connectivity index (χ4v) is 6.74. The Morgan fingerprint density at radius 2 is 1.00 bits per heavy atom. The molecule has 3 N–H and O–H groups in total. The number of phosphoric acid groups is 1. The average Bonchev–Trinajstić information content (AvgIpc) is 3.17. The van der Waals surface area contributed by atoms with Crippen molar-refractivity contribution in [3.05, 3.63) is 48.6 Å². The SMILES string of the molecule is CC/C=C\C/C=C\C/C=C\C/C=C\CCCCCCC(=O)OC(COC(=O)CCCCCCCCCCCCCCCCCCC)COP(=O)(O)OCCN. The number of esters is 2. The molecule has 0 aliphatic rings. The van der Waals surface area contributed by atoms with Crippen LogP contribution < -0.4 is 5.73 Å². The zero-order valence-electron chi connectivity index (χ0n) is 35.2. The predicted octanol–water partition coefficient (Wildman–Crippen LogP) is 12.7. The lowest BCUT2D eigenvalue weighted by molar-refractivity contribution is -0.161. The predicted molar refractivity (Wildman–Crippen MR) is 229 cm³/mol. The van der Waals surface area contributed by atoms with Gasteiger partial charge in [-0.3, -0.25) is 18.6 Å². The minimum absolute atomic E-state index is 0.0484. The molecule has 0 amide bonds. The summed E-state index contributed by atoms with van der Waals surface area (Å²) in [6.07, 6.45) is 47.1. The van der Waals surface area contributed by atoms with Crippen LogP contribution in [0.15, 0.2) is 48.6 Å². The Hall–Kier alpha value is -2.03. The van der Waals surface area contributed by atoms with E-state index >= 15 is 0 Å². The third-order valence-electron chi connectivity index (χ3n) is 9.23. The molecule has 0 spiro atoms.